The first kappa shape index (κ1) is 17.6. The number of nitrogens with zero attached hydrogens (tertiary/aromatic N) is 2. The summed E-state index contributed by atoms with van der Waals surface area (Å²) >= 11 is 0. The maximum atomic E-state index is 15.1. The summed E-state index contributed by atoms with van der Waals surface area (Å²) in [6.07, 6.45) is 3.80. The van der Waals surface area contributed by atoms with Gasteiger partial charge in [-0.25, -0.2) is 9.37 Å². The molecule has 1 fully saturated rings. The lowest BCUT2D eigenvalue weighted by atomic mass is 9.98. The van der Waals surface area contributed by atoms with Crippen molar-refractivity contribution in [2.45, 2.75) is 18.9 Å². The molecule has 0 aliphatic heterocycles. The third-order valence-corrected chi connectivity index (χ3v) is 5.52. The van der Waals surface area contributed by atoms with Crippen LogP contribution in [-0.2, 0) is 0 Å². The van der Waals surface area contributed by atoms with Crippen molar-refractivity contribution in [2.75, 3.05) is 20.0 Å². The Kier molecular flexibility index (Phi) is 3.81. The highest BCUT2D eigenvalue weighted by Crippen LogP contribution is 2.46. The van der Waals surface area contributed by atoms with E-state index in [2.05, 4.69) is 0 Å². The van der Waals surface area contributed by atoms with Crippen molar-refractivity contribution in [1.82, 2.24) is 9.55 Å². The number of anilines is 1. The van der Waals surface area contributed by atoms with Gasteiger partial charge in [-0.05, 0) is 43.2 Å². The monoisotopic (exact) mass is 393 g/mol. The van der Waals surface area contributed by atoms with Gasteiger partial charge in [0.1, 0.15) is 17.3 Å². The first-order chi connectivity index (χ1) is 14.0. The molecule has 1 aliphatic rings. The number of fused-ring (bicyclic) bond motifs is 2. The lowest BCUT2D eigenvalue weighted by molar-refractivity contribution is 0.404. The fraction of sp³-hybridized carbons (Fsp3) is 0.227. The van der Waals surface area contributed by atoms with E-state index in [-0.39, 0.29) is 17.5 Å². The summed E-state index contributed by atoms with van der Waals surface area (Å²) in [5.74, 6) is 0.736. The molecule has 29 heavy (non-hydrogen) atoms. The molecule has 148 valence electrons. The molecule has 0 amide bonds. The van der Waals surface area contributed by atoms with Crippen LogP contribution in [0.5, 0.6) is 17.4 Å². The predicted octanol–water partition coefficient (Wildman–Crippen LogP) is 4.64. The standard InChI is InChI=1S/C22H20FN3O3/c1-28-12-5-8-17(29-2)14(9-12)18-15(23)7-6-13-20(24)19-16(25-21(13)18)10-26(22(19)27)11-3-4-11/h5-11,27H,3-4,24H2,1-2H3. The topological polar surface area (TPSA) is 82.5 Å². The average molecular weight is 393 g/mol. The molecule has 0 radical (unpaired) electrons. The number of aromatic nitrogens is 2. The fourth-order valence-corrected chi connectivity index (χ4v) is 3.90. The number of nitrogens with two attached hydrogens (primary N) is 1. The quantitative estimate of drug-likeness (QED) is 0.528. The number of nitrogen functional groups attached to an aromatic ring is 1. The zero-order valence-electron chi connectivity index (χ0n) is 16.1. The lowest BCUT2D eigenvalue weighted by Crippen LogP contribution is -1.97. The molecule has 1 saturated carbocycles. The van der Waals surface area contributed by atoms with E-state index in [0.29, 0.717) is 44.6 Å². The molecule has 0 saturated heterocycles. The van der Waals surface area contributed by atoms with Gasteiger partial charge in [-0.1, -0.05) is 0 Å². The zero-order chi connectivity index (χ0) is 20.3. The van der Waals surface area contributed by atoms with Gasteiger partial charge in [0, 0.05) is 28.8 Å². The first-order valence-electron chi connectivity index (χ1n) is 9.37. The normalized spacial score (nSPS) is 13.9. The summed E-state index contributed by atoms with van der Waals surface area (Å²) in [6.45, 7) is 0. The minimum absolute atomic E-state index is 0.110. The maximum Gasteiger partial charge on any atom is 0.203 e. The van der Waals surface area contributed by atoms with Gasteiger partial charge in [-0.3, -0.25) is 0 Å². The Bertz CT molecular complexity index is 1280. The number of aromatic hydroxyl groups is 1. The Hall–Kier alpha value is -3.48. The number of pyridine rings is 1. The Morgan fingerprint density at radius 1 is 1.17 bits per heavy atom. The molecular formula is C22H20FN3O3. The smallest absolute Gasteiger partial charge is 0.203 e. The summed E-state index contributed by atoms with van der Waals surface area (Å²) in [5.41, 5.74) is 8.55. The molecule has 2 aromatic heterocycles. The van der Waals surface area contributed by atoms with E-state index in [1.807, 2.05) is 0 Å². The molecule has 3 N–H and O–H groups in total. The van der Waals surface area contributed by atoms with Crippen LogP contribution in [0, 0.1) is 5.82 Å². The highest BCUT2D eigenvalue weighted by molar-refractivity contribution is 6.12. The van der Waals surface area contributed by atoms with E-state index < -0.39 is 5.82 Å². The van der Waals surface area contributed by atoms with E-state index in [1.54, 1.807) is 42.1 Å². The van der Waals surface area contributed by atoms with Gasteiger partial charge in [0.25, 0.3) is 0 Å². The second-order valence-electron chi connectivity index (χ2n) is 7.26. The van der Waals surface area contributed by atoms with Gasteiger partial charge >= 0.3 is 0 Å². The summed E-state index contributed by atoms with van der Waals surface area (Å²) < 4.78 is 27.7. The largest absolute Gasteiger partial charge is 0.497 e. The number of rotatable bonds is 4. The third-order valence-electron chi connectivity index (χ3n) is 5.52. The summed E-state index contributed by atoms with van der Waals surface area (Å²) in [6, 6.07) is 8.40. The summed E-state index contributed by atoms with van der Waals surface area (Å²) in [7, 11) is 3.08. The molecule has 2 heterocycles. The van der Waals surface area contributed by atoms with Crippen LogP contribution in [-0.4, -0.2) is 28.9 Å². The van der Waals surface area contributed by atoms with Crippen molar-refractivity contribution < 1.29 is 19.0 Å². The number of hydrogen-bond acceptors (Lipinski definition) is 5. The van der Waals surface area contributed by atoms with Gasteiger partial charge in [0.15, 0.2) is 0 Å². The van der Waals surface area contributed by atoms with Crippen LogP contribution in [0.15, 0.2) is 36.5 Å². The second-order valence-corrected chi connectivity index (χ2v) is 7.26. The first-order valence-corrected chi connectivity index (χ1v) is 9.37. The van der Waals surface area contributed by atoms with Crippen molar-refractivity contribution in [3.05, 3.63) is 42.3 Å². The number of benzene rings is 2. The molecule has 0 bridgehead atoms. The van der Waals surface area contributed by atoms with E-state index in [1.165, 1.54) is 13.2 Å². The molecule has 0 unspecified atom stereocenters. The zero-order valence-corrected chi connectivity index (χ0v) is 16.1. The average Bonchev–Trinajstić information content (AvgIpc) is 3.51. The Balaban J connectivity index is 1.87. The van der Waals surface area contributed by atoms with E-state index in [9.17, 15) is 5.11 Å². The van der Waals surface area contributed by atoms with Crippen molar-refractivity contribution >= 4 is 27.5 Å². The fourth-order valence-electron chi connectivity index (χ4n) is 3.90. The SMILES string of the molecule is COc1ccc(OC)c(-c2c(F)ccc3c(N)c4c(O)n(C5CC5)cc4nc23)c1. The molecule has 7 heteroatoms. The molecular weight excluding hydrogens is 373 g/mol. The van der Waals surface area contributed by atoms with Crippen molar-refractivity contribution in [2.24, 2.45) is 0 Å². The van der Waals surface area contributed by atoms with Crippen LogP contribution in [0.25, 0.3) is 32.9 Å². The van der Waals surface area contributed by atoms with Crippen LogP contribution in [0.4, 0.5) is 10.1 Å². The van der Waals surface area contributed by atoms with Gasteiger partial charge in [-0.2, -0.15) is 0 Å². The van der Waals surface area contributed by atoms with Crippen LogP contribution in [0.3, 0.4) is 0 Å². The minimum atomic E-state index is -0.443. The summed E-state index contributed by atoms with van der Waals surface area (Å²) in [5, 5.41) is 11.7. The van der Waals surface area contributed by atoms with Crippen LogP contribution >= 0.6 is 0 Å². The van der Waals surface area contributed by atoms with Crippen molar-refractivity contribution in [1.29, 1.82) is 0 Å². The van der Waals surface area contributed by atoms with Gasteiger partial charge < -0.3 is 24.9 Å². The second kappa shape index (κ2) is 6.27. The number of ether oxygens (including phenoxy) is 2. The third kappa shape index (κ3) is 2.57. The van der Waals surface area contributed by atoms with Crippen LogP contribution in [0.1, 0.15) is 18.9 Å². The van der Waals surface area contributed by atoms with E-state index in [4.69, 9.17) is 20.2 Å². The van der Waals surface area contributed by atoms with Crippen molar-refractivity contribution in [3.63, 3.8) is 0 Å². The number of methoxy groups -OCH3 is 2. The maximum absolute atomic E-state index is 15.1. The molecule has 1 aliphatic carbocycles. The lowest BCUT2D eigenvalue weighted by Gasteiger charge is -2.14. The molecule has 0 spiro atoms. The molecule has 0 atom stereocenters. The highest BCUT2D eigenvalue weighted by Gasteiger charge is 2.28. The van der Waals surface area contributed by atoms with Gasteiger partial charge in [-0.15, -0.1) is 0 Å². The Labute approximate surface area is 166 Å². The minimum Gasteiger partial charge on any atom is -0.497 e. The van der Waals surface area contributed by atoms with Crippen LogP contribution < -0.4 is 15.2 Å². The molecule has 4 aromatic rings. The van der Waals surface area contributed by atoms with Gasteiger partial charge in [0.05, 0.1) is 36.3 Å². The predicted molar refractivity (Wildman–Crippen MR) is 110 cm³/mol. The number of halogens is 1. The van der Waals surface area contributed by atoms with Gasteiger partial charge in [0.2, 0.25) is 5.88 Å². The number of hydrogen-bond donors (Lipinski definition) is 2. The van der Waals surface area contributed by atoms with E-state index >= 15 is 4.39 Å². The molecule has 5 rings (SSSR count). The van der Waals surface area contributed by atoms with Crippen molar-refractivity contribution in [3.8, 4) is 28.5 Å². The van der Waals surface area contributed by atoms with E-state index in [0.717, 1.165) is 12.8 Å². The molecule has 6 nitrogen and oxygen atoms in total. The highest BCUT2D eigenvalue weighted by atomic mass is 19.1. The van der Waals surface area contributed by atoms with Crippen LogP contribution in [0.2, 0.25) is 0 Å². The molecule has 2 aromatic carbocycles. The Morgan fingerprint density at radius 3 is 2.66 bits per heavy atom. The summed E-state index contributed by atoms with van der Waals surface area (Å²) in [4.78, 5) is 4.70. The Morgan fingerprint density at radius 2 is 1.97 bits per heavy atom.